The summed E-state index contributed by atoms with van der Waals surface area (Å²) in [5.41, 5.74) is 1.94. The van der Waals surface area contributed by atoms with Crippen LogP contribution in [0, 0.1) is 5.95 Å². The van der Waals surface area contributed by atoms with E-state index in [-0.39, 0.29) is 6.04 Å². The van der Waals surface area contributed by atoms with E-state index < -0.39 is 12.1 Å². The first-order valence-electron chi connectivity index (χ1n) is 7.22. The Hall–Kier alpha value is -1.78. The molecule has 1 unspecified atom stereocenters. The molecule has 4 heteroatoms. The predicted molar refractivity (Wildman–Crippen MR) is 81.4 cm³/mol. The first kappa shape index (κ1) is 15.6. The number of nitrogens with zero attached hydrogens (tertiary/aromatic N) is 1. The number of benzene rings is 1. The topological polar surface area (TPSA) is 45.2 Å². The Morgan fingerprint density at radius 2 is 1.95 bits per heavy atom. The summed E-state index contributed by atoms with van der Waals surface area (Å²) in [4.78, 5) is 3.64. The number of aliphatic hydroxyl groups is 1. The molecule has 0 amide bonds. The molecule has 1 heterocycles. The quantitative estimate of drug-likeness (QED) is 0.770. The summed E-state index contributed by atoms with van der Waals surface area (Å²) in [6, 6.07) is 13.0. The molecule has 1 aromatic carbocycles. The summed E-state index contributed by atoms with van der Waals surface area (Å²) in [6.07, 6.45) is 2.82. The number of halogens is 1. The Morgan fingerprint density at radius 1 is 1.19 bits per heavy atom. The van der Waals surface area contributed by atoms with Gasteiger partial charge in [-0.3, -0.25) is 0 Å². The van der Waals surface area contributed by atoms with Crippen LogP contribution >= 0.6 is 0 Å². The van der Waals surface area contributed by atoms with Gasteiger partial charge in [-0.05, 0) is 37.0 Å². The highest BCUT2D eigenvalue weighted by molar-refractivity contribution is 5.17. The van der Waals surface area contributed by atoms with Crippen molar-refractivity contribution < 1.29 is 9.50 Å². The highest BCUT2D eigenvalue weighted by atomic mass is 19.1. The van der Waals surface area contributed by atoms with E-state index in [0.29, 0.717) is 6.54 Å². The lowest BCUT2D eigenvalue weighted by Crippen LogP contribution is -2.30. The van der Waals surface area contributed by atoms with Crippen LogP contribution in [0.2, 0.25) is 0 Å². The average Bonchev–Trinajstić information content (AvgIpc) is 2.53. The lowest BCUT2D eigenvalue weighted by Gasteiger charge is -2.17. The van der Waals surface area contributed by atoms with Crippen molar-refractivity contribution in [2.75, 3.05) is 6.54 Å². The lowest BCUT2D eigenvalue weighted by molar-refractivity contribution is 0.170. The average molecular weight is 288 g/mol. The fourth-order valence-corrected chi connectivity index (χ4v) is 2.15. The van der Waals surface area contributed by atoms with Gasteiger partial charge in [-0.2, -0.15) is 4.39 Å². The van der Waals surface area contributed by atoms with Crippen molar-refractivity contribution >= 4 is 0 Å². The maximum absolute atomic E-state index is 12.7. The molecule has 0 aliphatic carbocycles. The molecule has 2 N–H and O–H groups in total. The third-order valence-corrected chi connectivity index (χ3v) is 3.50. The van der Waals surface area contributed by atoms with Gasteiger partial charge in [-0.15, -0.1) is 0 Å². The third kappa shape index (κ3) is 5.25. The van der Waals surface area contributed by atoms with Gasteiger partial charge < -0.3 is 10.4 Å². The molecule has 0 saturated heterocycles. The fourth-order valence-electron chi connectivity index (χ4n) is 2.15. The van der Waals surface area contributed by atoms with Crippen LogP contribution in [0.1, 0.15) is 30.6 Å². The number of hydrogen-bond acceptors (Lipinski definition) is 3. The van der Waals surface area contributed by atoms with Gasteiger partial charge in [0.25, 0.3) is 0 Å². The zero-order chi connectivity index (χ0) is 15.1. The van der Waals surface area contributed by atoms with E-state index in [4.69, 9.17) is 0 Å². The number of nitrogens with one attached hydrogen (secondary N) is 1. The summed E-state index contributed by atoms with van der Waals surface area (Å²) in [7, 11) is 0. The maximum atomic E-state index is 12.7. The summed E-state index contributed by atoms with van der Waals surface area (Å²) < 4.78 is 12.7. The maximum Gasteiger partial charge on any atom is 0.212 e. The van der Waals surface area contributed by atoms with Crippen LogP contribution in [0.4, 0.5) is 4.39 Å². The van der Waals surface area contributed by atoms with Crippen molar-refractivity contribution in [2.24, 2.45) is 0 Å². The van der Waals surface area contributed by atoms with Crippen LogP contribution in [-0.4, -0.2) is 22.7 Å². The van der Waals surface area contributed by atoms with Crippen LogP contribution < -0.4 is 5.32 Å². The Bertz CT molecular complexity index is 530. The van der Waals surface area contributed by atoms with Crippen molar-refractivity contribution in [3.63, 3.8) is 0 Å². The fraction of sp³-hybridized carbons (Fsp3) is 0.353. The van der Waals surface area contributed by atoms with E-state index >= 15 is 0 Å². The summed E-state index contributed by atoms with van der Waals surface area (Å²) in [5.74, 6) is -0.448. The van der Waals surface area contributed by atoms with Crippen molar-refractivity contribution in [3.05, 3.63) is 65.7 Å². The molecular formula is C17H21FN2O. The Morgan fingerprint density at radius 3 is 2.62 bits per heavy atom. The molecule has 2 atom stereocenters. The molecule has 1 aromatic heterocycles. The van der Waals surface area contributed by atoms with Crippen LogP contribution in [0.15, 0.2) is 48.7 Å². The largest absolute Gasteiger partial charge is 0.387 e. The normalized spacial score (nSPS) is 13.9. The minimum Gasteiger partial charge on any atom is -0.387 e. The van der Waals surface area contributed by atoms with Gasteiger partial charge in [0.2, 0.25) is 5.95 Å². The van der Waals surface area contributed by atoms with Gasteiger partial charge in [0.05, 0.1) is 6.10 Å². The second-order valence-electron chi connectivity index (χ2n) is 5.26. The van der Waals surface area contributed by atoms with Crippen molar-refractivity contribution in [1.29, 1.82) is 0 Å². The predicted octanol–water partition coefficient (Wildman–Crippen LogP) is 2.87. The van der Waals surface area contributed by atoms with Gasteiger partial charge in [0, 0.05) is 18.8 Å². The van der Waals surface area contributed by atoms with E-state index in [1.807, 2.05) is 30.3 Å². The zero-order valence-corrected chi connectivity index (χ0v) is 12.2. The molecule has 0 aliphatic rings. The van der Waals surface area contributed by atoms with E-state index in [0.717, 1.165) is 24.0 Å². The van der Waals surface area contributed by atoms with Gasteiger partial charge in [-0.1, -0.05) is 36.4 Å². The molecule has 2 rings (SSSR count). The summed E-state index contributed by atoms with van der Waals surface area (Å²) in [5, 5.41) is 13.4. The molecule has 0 saturated carbocycles. The Balaban J connectivity index is 1.72. The van der Waals surface area contributed by atoms with E-state index in [1.54, 1.807) is 12.3 Å². The third-order valence-electron chi connectivity index (χ3n) is 3.50. The van der Waals surface area contributed by atoms with Gasteiger partial charge >= 0.3 is 0 Å². The van der Waals surface area contributed by atoms with Gasteiger partial charge in [0.1, 0.15) is 0 Å². The minimum absolute atomic E-state index is 0.272. The summed E-state index contributed by atoms with van der Waals surface area (Å²) in [6.45, 7) is 2.60. The number of pyridine rings is 1. The number of aromatic nitrogens is 1. The van der Waals surface area contributed by atoms with Gasteiger partial charge in [-0.25, -0.2) is 4.98 Å². The van der Waals surface area contributed by atoms with Gasteiger partial charge in [0.15, 0.2) is 0 Å². The number of hydrogen-bond donors (Lipinski definition) is 2. The minimum atomic E-state index is -0.499. The highest BCUT2D eigenvalue weighted by Crippen LogP contribution is 2.11. The monoisotopic (exact) mass is 288 g/mol. The SMILES string of the molecule is CC(CCc1ccc(F)nc1)NC[C@H](O)c1ccccc1. The molecule has 3 nitrogen and oxygen atoms in total. The second kappa shape index (κ2) is 7.86. The van der Waals surface area contributed by atoms with Crippen LogP contribution in [0.5, 0.6) is 0 Å². The molecular weight excluding hydrogens is 267 g/mol. The number of aliphatic hydroxyl groups excluding tert-OH is 1. The molecule has 0 aliphatic heterocycles. The van der Waals surface area contributed by atoms with Crippen LogP contribution in [-0.2, 0) is 6.42 Å². The zero-order valence-electron chi connectivity index (χ0n) is 12.2. The number of rotatable bonds is 7. The molecule has 0 fully saturated rings. The standard InChI is InChI=1S/C17H21FN2O/c1-13(7-8-14-9-10-17(18)20-11-14)19-12-16(21)15-5-3-2-4-6-15/h2-6,9-11,13,16,19,21H,7-8,12H2,1H3/t13?,16-/m0/s1. The molecule has 0 spiro atoms. The molecule has 21 heavy (non-hydrogen) atoms. The van der Waals surface area contributed by atoms with E-state index in [9.17, 15) is 9.50 Å². The molecule has 0 bridgehead atoms. The number of aryl methyl sites for hydroxylation is 1. The molecule has 0 radical (unpaired) electrons. The van der Waals surface area contributed by atoms with Crippen molar-refractivity contribution in [3.8, 4) is 0 Å². The smallest absolute Gasteiger partial charge is 0.212 e. The van der Waals surface area contributed by atoms with Crippen molar-refractivity contribution in [1.82, 2.24) is 10.3 Å². The Kier molecular flexibility index (Phi) is 5.84. The Labute approximate surface area is 124 Å². The lowest BCUT2D eigenvalue weighted by atomic mass is 10.1. The van der Waals surface area contributed by atoms with Crippen LogP contribution in [0.25, 0.3) is 0 Å². The second-order valence-corrected chi connectivity index (χ2v) is 5.26. The molecule has 112 valence electrons. The van der Waals surface area contributed by atoms with Crippen LogP contribution in [0.3, 0.4) is 0 Å². The first-order valence-corrected chi connectivity index (χ1v) is 7.22. The first-order chi connectivity index (χ1) is 10.1. The summed E-state index contributed by atoms with van der Waals surface area (Å²) >= 11 is 0. The highest BCUT2D eigenvalue weighted by Gasteiger charge is 2.09. The van der Waals surface area contributed by atoms with E-state index in [2.05, 4.69) is 17.2 Å². The van der Waals surface area contributed by atoms with Crippen molar-refractivity contribution in [2.45, 2.75) is 31.9 Å². The molecule has 2 aromatic rings. The van der Waals surface area contributed by atoms with E-state index in [1.165, 1.54) is 6.07 Å².